The smallest absolute Gasteiger partial charge is 0.462 e. The van der Waals surface area contributed by atoms with Crippen molar-refractivity contribution in [1.29, 1.82) is 0 Å². The van der Waals surface area contributed by atoms with Crippen LogP contribution in [0.5, 0.6) is 0 Å². The Morgan fingerprint density at radius 1 is 0.330 bits per heavy atom. The maximum atomic E-state index is 13.1. The fourth-order valence-electron chi connectivity index (χ4n) is 11.9. The van der Waals surface area contributed by atoms with Gasteiger partial charge < -0.3 is 33.8 Å². The van der Waals surface area contributed by atoms with Gasteiger partial charge in [0.25, 0.3) is 0 Å². The first kappa shape index (κ1) is 97.5. The SMILES string of the molecule is CCCCCC/C=C\C=C/CCCCCCCC(=O)O[C@H](COC(=O)CCCCCCCCCCCCC(C)CC)COP(=O)(O)OC[C@@H](O)COP(=O)(O)OC[C@@H](COC(=O)CCCCCCCCC(C)CC)OC(=O)CCCCCCCCCCCCCCCCCCCCC(C)C. The number of carbonyl (C=O) groups excluding carboxylic acids is 4. The van der Waals surface area contributed by atoms with Gasteiger partial charge in [-0.3, -0.25) is 37.3 Å². The summed E-state index contributed by atoms with van der Waals surface area (Å²) in [6, 6.07) is 0. The van der Waals surface area contributed by atoms with Crippen LogP contribution in [0.3, 0.4) is 0 Å². The molecule has 0 bridgehead atoms. The molecule has 0 saturated heterocycles. The van der Waals surface area contributed by atoms with Crippen molar-refractivity contribution in [2.75, 3.05) is 39.6 Å². The van der Waals surface area contributed by atoms with Gasteiger partial charge in [-0.1, -0.05) is 342 Å². The lowest BCUT2D eigenvalue weighted by atomic mass is 9.99. The molecule has 3 N–H and O–H groups in total. The summed E-state index contributed by atoms with van der Waals surface area (Å²) in [5, 5.41) is 10.6. The Balaban J connectivity index is 5.25. The van der Waals surface area contributed by atoms with Crippen molar-refractivity contribution in [2.45, 2.75) is 414 Å². The molecule has 0 amide bonds. The molecule has 0 aliphatic rings. The third kappa shape index (κ3) is 71.2. The highest BCUT2D eigenvalue weighted by Gasteiger charge is 2.30. The van der Waals surface area contributed by atoms with Gasteiger partial charge in [-0.2, -0.15) is 0 Å². The average molecular weight is 1460 g/mol. The van der Waals surface area contributed by atoms with Crippen molar-refractivity contribution in [1.82, 2.24) is 0 Å². The molecule has 7 atom stereocenters. The second kappa shape index (κ2) is 70.8. The van der Waals surface area contributed by atoms with Crippen LogP contribution >= 0.6 is 15.6 Å². The monoisotopic (exact) mass is 1460 g/mol. The number of phosphoric ester groups is 2. The normalized spacial score (nSPS) is 14.7. The predicted molar refractivity (Wildman–Crippen MR) is 409 cm³/mol. The molecule has 0 spiro atoms. The summed E-state index contributed by atoms with van der Waals surface area (Å²) in [6.07, 6.45) is 61.9. The van der Waals surface area contributed by atoms with Crippen LogP contribution in [0.1, 0.15) is 395 Å². The van der Waals surface area contributed by atoms with Gasteiger partial charge in [0.1, 0.15) is 19.3 Å². The summed E-state index contributed by atoms with van der Waals surface area (Å²) >= 11 is 0. The molecule has 0 aliphatic carbocycles. The largest absolute Gasteiger partial charge is 0.472 e. The average Bonchev–Trinajstić information content (AvgIpc) is 0.921. The molecule has 0 heterocycles. The van der Waals surface area contributed by atoms with Gasteiger partial charge in [-0.05, 0) is 69.1 Å². The summed E-state index contributed by atoms with van der Waals surface area (Å²) in [5.41, 5.74) is 0. The molecule has 100 heavy (non-hydrogen) atoms. The molecular weight excluding hydrogens is 1310 g/mol. The second-order valence-corrected chi connectivity index (χ2v) is 32.3. The van der Waals surface area contributed by atoms with Crippen LogP contribution in [0, 0.1) is 17.8 Å². The number of unbranched alkanes of at least 4 members (excludes halogenated alkanes) is 40. The van der Waals surface area contributed by atoms with Crippen molar-refractivity contribution in [3.8, 4) is 0 Å². The summed E-state index contributed by atoms with van der Waals surface area (Å²) in [6.45, 7) is 11.9. The maximum absolute atomic E-state index is 13.1. The van der Waals surface area contributed by atoms with Crippen LogP contribution in [0.4, 0.5) is 0 Å². The Hall–Kier alpha value is -2.46. The number of allylic oxidation sites excluding steroid dienone is 4. The zero-order valence-corrected chi connectivity index (χ0v) is 66.9. The van der Waals surface area contributed by atoms with Gasteiger partial charge >= 0.3 is 39.5 Å². The molecule has 0 aromatic rings. The number of hydrogen-bond donors (Lipinski definition) is 3. The van der Waals surface area contributed by atoms with Gasteiger partial charge in [-0.15, -0.1) is 0 Å². The summed E-state index contributed by atoms with van der Waals surface area (Å²) in [7, 11) is -9.93. The van der Waals surface area contributed by atoms with Gasteiger partial charge in [0.15, 0.2) is 12.2 Å². The van der Waals surface area contributed by atoms with E-state index in [1.54, 1.807) is 0 Å². The van der Waals surface area contributed by atoms with Crippen LogP contribution < -0.4 is 0 Å². The van der Waals surface area contributed by atoms with E-state index in [1.165, 1.54) is 186 Å². The van der Waals surface area contributed by atoms with E-state index >= 15 is 0 Å². The van der Waals surface area contributed by atoms with E-state index in [0.29, 0.717) is 25.7 Å². The summed E-state index contributed by atoms with van der Waals surface area (Å²) in [5.74, 6) is 0.212. The molecule has 0 saturated carbocycles. The quantitative estimate of drug-likeness (QED) is 0.0169. The minimum atomic E-state index is -4.97. The minimum absolute atomic E-state index is 0.0847. The summed E-state index contributed by atoms with van der Waals surface area (Å²) < 4.78 is 68.6. The van der Waals surface area contributed by atoms with E-state index in [4.69, 9.17) is 37.0 Å². The Bertz CT molecular complexity index is 2040. The number of aliphatic hydroxyl groups excluding tert-OH is 1. The van der Waals surface area contributed by atoms with Gasteiger partial charge in [-0.25, -0.2) is 9.13 Å². The molecule has 4 unspecified atom stereocenters. The van der Waals surface area contributed by atoms with Crippen LogP contribution in [0.2, 0.25) is 0 Å². The molecule has 19 heteroatoms. The van der Waals surface area contributed by atoms with Crippen LogP contribution in [0.25, 0.3) is 0 Å². The topological polar surface area (TPSA) is 237 Å². The number of esters is 4. The van der Waals surface area contributed by atoms with Crippen molar-refractivity contribution in [3.63, 3.8) is 0 Å². The highest BCUT2D eigenvalue weighted by Crippen LogP contribution is 2.45. The standard InChI is InChI=1S/C81H154O17P2/c1-8-11-12-13-14-15-16-17-22-26-29-36-41-50-57-64-80(85)97-76(68-91-78(83)62-55-48-40-35-32-31-34-39-46-53-60-73(6)9-2)70-95-99(87,88)93-66-75(82)67-94-100(89,90)96-71-77(69-92-79(84)63-56-49-44-43-47-54-61-74(7)10-3)98-81(86)65-58-51-42-37-30-27-24-21-19-18-20-23-25-28-33-38-45-52-59-72(4)5/h15-17,22,72-77,82H,8-14,18-21,23-71H2,1-7H3,(H,87,88)(H,89,90)/b16-15-,22-17-/t73?,74?,75-,76-,77-/m1/s1. The fourth-order valence-corrected chi connectivity index (χ4v) is 13.5. The van der Waals surface area contributed by atoms with E-state index in [9.17, 15) is 43.2 Å². The number of ether oxygens (including phenoxy) is 4. The molecular formula is C81H154O17P2. The Morgan fingerprint density at radius 2 is 0.590 bits per heavy atom. The van der Waals surface area contributed by atoms with E-state index < -0.39 is 97.5 Å². The molecule has 0 aliphatic heterocycles. The number of rotatable bonds is 77. The van der Waals surface area contributed by atoms with Crippen molar-refractivity contribution >= 4 is 39.5 Å². The van der Waals surface area contributed by atoms with Crippen LogP contribution in [-0.4, -0.2) is 96.7 Å². The van der Waals surface area contributed by atoms with Crippen LogP contribution in [0.15, 0.2) is 24.3 Å². The molecule has 590 valence electrons. The lowest BCUT2D eigenvalue weighted by Crippen LogP contribution is -2.30. The molecule has 0 radical (unpaired) electrons. The molecule has 0 aromatic carbocycles. The third-order valence-electron chi connectivity index (χ3n) is 19.0. The molecule has 0 aromatic heterocycles. The van der Waals surface area contributed by atoms with E-state index in [0.717, 1.165) is 127 Å². The fraction of sp³-hybridized carbons (Fsp3) is 0.901. The molecule has 0 rings (SSSR count). The van der Waals surface area contributed by atoms with E-state index in [1.807, 2.05) is 0 Å². The first-order valence-corrected chi connectivity index (χ1v) is 44.2. The number of hydrogen-bond acceptors (Lipinski definition) is 15. The Kier molecular flexibility index (Phi) is 69.1. The summed E-state index contributed by atoms with van der Waals surface area (Å²) in [4.78, 5) is 73.0. The number of phosphoric acid groups is 2. The molecule has 17 nitrogen and oxygen atoms in total. The number of aliphatic hydroxyl groups is 1. The van der Waals surface area contributed by atoms with E-state index in [-0.39, 0.29) is 25.7 Å². The van der Waals surface area contributed by atoms with Gasteiger partial charge in [0.05, 0.1) is 26.4 Å². The zero-order valence-electron chi connectivity index (χ0n) is 65.2. The van der Waals surface area contributed by atoms with Crippen molar-refractivity contribution < 1.29 is 80.2 Å². The first-order valence-electron chi connectivity index (χ1n) is 41.2. The minimum Gasteiger partial charge on any atom is -0.462 e. The zero-order chi connectivity index (χ0) is 73.7. The lowest BCUT2D eigenvalue weighted by molar-refractivity contribution is -0.161. The van der Waals surface area contributed by atoms with Gasteiger partial charge in [0, 0.05) is 25.7 Å². The maximum Gasteiger partial charge on any atom is 0.472 e. The van der Waals surface area contributed by atoms with Gasteiger partial charge in [0.2, 0.25) is 0 Å². The van der Waals surface area contributed by atoms with E-state index in [2.05, 4.69) is 72.8 Å². The third-order valence-corrected chi connectivity index (χ3v) is 20.9. The Morgan fingerprint density at radius 3 is 0.890 bits per heavy atom. The van der Waals surface area contributed by atoms with Crippen LogP contribution in [-0.2, 0) is 65.4 Å². The lowest BCUT2D eigenvalue weighted by Gasteiger charge is -2.21. The highest BCUT2D eigenvalue weighted by molar-refractivity contribution is 7.47. The predicted octanol–water partition coefficient (Wildman–Crippen LogP) is 23.7. The Labute approximate surface area is 612 Å². The second-order valence-electron chi connectivity index (χ2n) is 29.4. The number of carbonyl (C=O) groups is 4. The first-order chi connectivity index (χ1) is 48.3. The van der Waals surface area contributed by atoms with Crippen molar-refractivity contribution in [3.05, 3.63) is 24.3 Å². The highest BCUT2D eigenvalue weighted by atomic mass is 31.2. The van der Waals surface area contributed by atoms with Crippen molar-refractivity contribution in [2.24, 2.45) is 17.8 Å². The molecule has 0 fully saturated rings.